The van der Waals surface area contributed by atoms with Crippen molar-refractivity contribution in [2.45, 2.75) is 13.0 Å². The van der Waals surface area contributed by atoms with Crippen LogP contribution in [-0.2, 0) is 11.3 Å². The predicted octanol–water partition coefficient (Wildman–Crippen LogP) is 2.73. The van der Waals surface area contributed by atoms with Gasteiger partial charge in [-0.15, -0.1) is 0 Å². The minimum absolute atomic E-state index is 0.218. The van der Waals surface area contributed by atoms with Gasteiger partial charge in [0.1, 0.15) is 6.61 Å². The predicted molar refractivity (Wildman–Crippen MR) is 73.1 cm³/mol. The number of rotatable bonds is 9. The molecule has 0 amide bonds. The van der Waals surface area contributed by atoms with Crippen molar-refractivity contribution < 1.29 is 23.0 Å². The summed E-state index contributed by atoms with van der Waals surface area (Å²) in [7, 11) is 3.05. The molecule has 0 unspecified atom stereocenters. The van der Waals surface area contributed by atoms with Crippen LogP contribution in [0.3, 0.4) is 0 Å². The molecule has 1 N–H and O–H groups in total. The zero-order valence-electron chi connectivity index (χ0n) is 11.4. The summed E-state index contributed by atoms with van der Waals surface area (Å²) in [5.41, 5.74) is 0.832. The topological polar surface area (TPSA) is 39.7 Å². The molecule has 0 aromatic heterocycles. The second kappa shape index (κ2) is 8.94. The molecule has 0 bridgehead atoms. The van der Waals surface area contributed by atoms with Crippen molar-refractivity contribution in [2.24, 2.45) is 0 Å². The molecule has 0 saturated carbocycles. The van der Waals surface area contributed by atoms with Crippen molar-refractivity contribution in [1.82, 2.24) is 5.32 Å². The maximum absolute atomic E-state index is 11.8. The van der Waals surface area contributed by atoms with E-state index in [9.17, 15) is 8.78 Å². The first-order chi connectivity index (χ1) is 9.60. The van der Waals surface area contributed by atoms with Crippen LogP contribution in [0.4, 0.5) is 8.78 Å². The average Bonchev–Trinajstić information content (AvgIpc) is 2.43. The van der Waals surface area contributed by atoms with Crippen molar-refractivity contribution >= 4 is 11.6 Å². The fourth-order valence-corrected chi connectivity index (χ4v) is 1.91. The van der Waals surface area contributed by atoms with Gasteiger partial charge in [0, 0.05) is 13.1 Å². The van der Waals surface area contributed by atoms with E-state index >= 15 is 0 Å². The lowest BCUT2D eigenvalue weighted by Crippen LogP contribution is -2.20. The van der Waals surface area contributed by atoms with Crippen molar-refractivity contribution in [3.05, 3.63) is 22.7 Å². The van der Waals surface area contributed by atoms with Crippen LogP contribution in [0.1, 0.15) is 5.56 Å². The Kier molecular flexibility index (Phi) is 7.58. The molecule has 0 radical (unpaired) electrons. The number of ether oxygens (including phenoxy) is 3. The molecule has 1 rings (SSSR count). The van der Waals surface area contributed by atoms with E-state index < -0.39 is 13.0 Å². The van der Waals surface area contributed by atoms with E-state index in [1.165, 1.54) is 14.2 Å². The maximum Gasteiger partial charge on any atom is 0.261 e. The Bertz CT molecular complexity index is 419. The van der Waals surface area contributed by atoms with E-state index in [4.69, 9.17) is 25.8 Å². The van der Waals surface area contributed by atoms with Gasteiger partial charge in [-0.25, -0.2) is 8.78 Å². The minimum atomic E-state index is -2.43. The first kappa shape index (κ1) is 16.9. The molecule has 0 saturated heterocycles. The van der Waals surface area contributed by atoms with Gasteiger partial charge in [-0.2, -0.15) is 0 Å². The summed E-state index contributed by atoms with van der Waals surface area (Å²) in [4.78, 5) is 0. The van der Waals surface area contributed by atoms with Gasteiger partial charge >= 0.3 is 0 Å². The van der Waals surface area contributed by atoms with Gasteiger partial charge < -0.3 is 19.5 Å². The van der Waals surface area contributed by atoms with E-state index in [1.54, 1.807) is 6.07 Å². The van der Waals surface area contributed by atoms with Gasteiger partial charge in [0.05, 0.1) is 25.8 Å². The van der Waals surface area contributed by atoms with Gasteiger partial charge in [-0.1, -0.05) is 17.7 Å². The molecule has 4 nitrogen and oxygen atoms in total. The van der Waals surface area contributed by atoms with Crippen LogP contribution in [0.15, 0.2) is 12.1 Å². The number of hydrogen-bond donors (Lipinski definition) is 1. The highest BCUT2D eigenvalue weighted by Crippen LogP contribution is 2.37. The molecule has 1 aromatic carbocycles. The molecule has 0 aliphatic rings. The quantitative estimate of drug-likeness (QED) is 0.712. The fourth-order valence-electron chi connectivity index (χ4n) is 1.61. The molecule has 7 heteroatoms. The van der Waals surface area contributed by atoms with Crippen LogP contribution in [-0.4, -0.2) is 40.4 Å². The second-order valence-corrected chi connectivity index (χ2v) is 4.29. The van der Waals surface area contributed by atoms with Crippen LogP contribution in [0.5, 0.6) is 11.5 Å². The number of halogens is 3. The lowest BCUT2D eigenvalue weighted by atomic mass is 10.2. The summed E-state index contributed by atoms with van der Waals surface area (Å²) in [5, 5.41) is 3.52. The molecular formula is C13H18ClF2NO3. The largest absolute Gasteiger partial charge is 0.493 e. The molecule has 0 heterocycles. The van der Waals surface area contributed by atoms with Crippen LogP contribution >= 0.6 is 11.6 Å². The van der Waals surface area contributed by atoms with Gasteiger partial charge in [0.25, 0.3) is 6.43 Å². The average molecular weight is 310 g/mol. The molecular weight excluding hydrogens is 292 g/mol. The van der Waals surface area contributed by atoms with E-state index in [1.807, 2.05) is 6.07 Å². The highest BCUT2D eigenvalue weighted by molar-refractivity contribution is 6.33. The van der Waals surface area contributed by atoms with Crippen LogP contribution in [0, 0.1) is 0 Å². The normalized spacial score (nSPS) is 10.9. The third-order valence-corrected chi connectivity index (χ3v) is 2.96. The third kappa shape index (κ3) is 5.11. The highest BCUT2D eigenvalue weighted by Gasteiger charge is 2.12. The zero-order valence-corrected chi connectivity index (χ0v) is 12.2. The van der Waals surface area contributed by atoms with E-state index in [0.717, 1.165) is 5.56 Å². The summed E-state index contributed by atoms with van der Waals surface area (Å²) in [5.74, 6) is 1.03. The number of alkyl halides is 2. The van der Waals surface area contributed by atoms with Crippen molar-refractivity contribution in [2.75, 3.05) is 34.0 Å². The highest BCUT2D eigenvalue weighted by atomic mass is 35.5. The molecule has 0 aliphatic carbocycles. The number of methoxy groups -OCH3 is 2. The SMILES string of the molecule is COc1ccc(CNCCOCC(F)F)c(Cl)c1OC. The minimum Gasteiger partial charge on any atom is -0.493 e. The molecule has 0 aliphatic heterocycles. The van der Waals surface area contributed by atoms with Gasteiger partial charge in [0.2, 0.25) is 0 Å². The number of hydrogen-bond acceptors (Lipinski definition) is 4. The first-order valence-corrected chi connectivity index (χ1v) is 6.44. The van der Waals surface area contributed by atoms with Gasteiger partial charge in [0.15, 0.2) is 11.5 Å². The van der Waals surface area contributed by atoms with Gasteiger partial charge in [-0.3, -0.25) is 0 Å². The summed E-state index contributed by atoms with van der Waals surface area (Å²) in [6.45, 7) is 0.614. The Balaban J connectivity index is 2.44. The first-order valence-electron chi connectivity index (χ1n) is 6.06. The number of benzene rings is 1. The number of nitrogens with one attached hydrogen (secondary N) is 1. The van der Waals surface area contributed by atoms with Crippen molar-refractivity contribution in [1.29, 1.82) is 0 Å². The molecule has 20 heavy (non-hydrogen) atoms. The molecule has 0 fully saturated rings. The summed E-state index contributed by atoms with van der Waals surface area (Å²) in [6.07, 6.45) is -2.43. The third-order valence-electron chi connectivity index (χ3n) is 2.55. The smallest absolute Gasteiger partial charge is 0.261 e. The lowest BCUT2D eigenvalue weighted by Gasteiger charge is -2.13. The summed E-state index contributed by atoms with van der Waals surface area (Å²) >= 11 is 6.20. The monoisotopic (exact) mass is 309 g/mol. The lowest BCUT2D eigenvalue weighted by molar-refractivity contribution is 0.0187. The van der Waals surface area contributed by atoms with E-state index in [2.05, 4.69) is 5.32 Å². The standard InChI is InChI=1S/C13H18ClF2NO3/c1-18-10-4-3-9(12(14)13(10)19-2)7-17-5-6-20-8-11(15)16/h3-4,11,17H,5-8H2,1-2H3. The second-order valence-electron chi connectivity index (χ2n) is 3.92. The maximum atomic E-state index is 11.8. The van der Waals surface area contributed by atoms with Crippen LogP contribution in [0.2, 0.25) is 5.02 Å². The Hall–Kier alpha value is -1.11. The Labute approximate surface area is 122 Å². The zero-order chi connectivity index (χ0) is 15.0. The van der Waals surface area contributed by atoms with Gasteiger partial charge in [-0.05, 0) is 11.6 Å². The summed E-state index contributed by atoms with van der Waals surface area (Å²) in [6, 6.07) is 3.58. The van der Waals surface area contributed by atoms with E-state index in [0.29, 0.717) is 29.6 Å². The molecule has 1 aromatic rings. The van der Waals surface area contributed by atoms with E-state index in [-0.39, 0.29) is 6.61 Å². The molecule has 114 valence electrons. The van der Waals surface area contributed by atoms with Crippen molar-refractivity contribution in [3.63, 3.8) is 0 Å². The fraction of sp³-hybridized carbons (Fsp3) is 0.538. The molecule has 0 atom stereocenters. The van der Waals surface area contributed by atoms with Crippen LogP contribution in [0.25, 0.3) is 0 Å². The van der Waals surface area contributed by atoms with Crippen LogP contribution < -0.4 is 14.8 Å². The Morgan fingerprint density at radius 1 is 1.25 bits per heavy atom. The Morgan fingerprint density at radius 3 is 2.60 bits per heavy atom. The Morgan fingerprint density at radius 2 is 2.00 bits per heavy atom. The van der Waals surface area contributed by atoms with Crippen molar-refractivity contribution in [3.8, 4) is 11.5 Å². The summed E-state index contributed by atoms with van der Waals surface area (Å²) < 4.78 is 38.7. The molecule has 0 spiro atoms.